The molecule has 0 N–H and O–H groups in total. The lowest BCUT2D eigenvalue weighted by atomic mass is 10.2. The van der Waals surface area contributed by atoms with Gasteiger partial charge in [-0.3, -0.25) is 4.79 Å². The second kappa shape index (κ2) is 4.33. The first-order chi connectivity index (χ1) is 7.26. The summed E-state index contributed by atoms with van der Waals surface area (Å²) in [7, 11) is 0. The Hall–Kier alpha value is -0.870. The normalized spacial score (nSPS) is 10.8. The number of fused-ring (bicyclic) bond motifs is 1. The molecule has 0 saturated heterocycles. The third-order valence-corrected chi connectivity index (χ3v) is 2.80. The monoisotopic (exact) mass is 287 g/mol. The minimum absolute atomic E-state index is 0.124. The van der Waals surface area contributed by atoms with Gasteiger partial charge in [-0.1, -0.05) is 28.1 Å². The Morgan fingerprint density at radius 1 is 1.53 bits per heavy atom. The van der Waals surface area contributed by atoms with E-state index in [1.54, 1.807) is 6.07 Å². The quantitative estimate of drug-likeness (QED) is 0.644. The Morgan fingerprint density at radius 3 is 3.00 bits per heavy atom. The summed E-state index contributed by atoms with van der Waals surface area (Å²) in [4.78, 5) is 15.5. The summed E-state index contributed by atoms with van der Waals surface area (Å²) < 4.78 is 5.31. The van der Waals surface area contributed by atoms with Gasteiger partial charge in [-0.25, -0.2) is 4.98 Å². The predicted molar refractivity (Wildman–Crippen MR) is 61.7 cm³/mol. The highest BCUT2D eigenvalue weighted by molar-refractivity contribution is 9.09. The molecule has 1 heterocycles. The summed E-state index contributed by atoms with van der Waals surface area (Å²) in [5.74, 6) is 0.303. The maximum atomic E-state index is 11.3. The number of aromatic nitrogens is 1. The molecular weight excluding hydrogens is 281 g/mol. The van der Waals surface area contributed by atoms with Crippen LogP contribution >= 0.6 is 27.5 Å². The molecule has 1 aromatic heterocycles. The van der Waals surface area contributed by atoms with Crippen molar-refractivity contribution in [1.29, 1.82) is 0 Å². The van der Waals surface area contributed by atoms with Gasteiger partial charge in [-0.2, -0.15) is 0 Å². The van der Waals surface area contributed by atoms with Crippen LogP contribution in [0.5, 0.6) is 0 Å². The van der Waals surface area contributed by atoms with E-state index in [0.29, 0.717) is 17.0 Å². The molecule has 0 aliphatic rings. The zero-order chi connectivity index (χ0) is 10.8. The average Bonchev–Trinajstić information content (AvgIpc) is 2.71. The smallest absolute Gasteiger partial charge is 0.265 e. The SMILES string of the molecule is O=C(CBr)c1nc2c(CCl)cccc2o1. The molecule has 0 saturated carbocycles. The zero-order valence-electron chi connectivity index (χ0n) is 7.67. The van der Waals surface area contributed by atoms with E-state index in [2.05, 4.69) is 20.9 Å². The maximum Gasteiger partial charge on any atom is 0.265 e. The van der Waals surface area contributed by atoms with Crippen LogP contribution in [0.1, 0.15) is 16.2 Å². The molecule has 0 aliphatic heterocycles. The second-order valence-corrected chi connectivity index (χ2v) is 3.80. The Morgan fingerprint density at radius 2 is 2.33 bits per heavy atom. The van der Waals surface area contributed by atoms with Crippen molar-refractivity contribution in [2.75, 3.05) is 5.33 Å². The summed E-state index contributed by atoms with van der Waals surface area (Å²) in [6.45, 7) is 0. The summed E-state index contributed by atoms with van der Waals surface area (Å²) in [6, 6.07) is 5.46. The van der Waals surface area contributed by atoms with Crippen molar-refractivity contribution in [3.8, 4) is 0 Å². The van der Waals surface area contributed by atoms with Crippen molar-refractivity contribution in [1.82, 2.24) is 4.98 Å². The maximum absolute atomic E-state index is 11.3. The Balaban J connectivity index is 2.60. The van der Waals surface area contributed by atoms with Gasteiger partial charge in [0.1, 0.15) is 5.52 Å². The molecule has 0 radical (unpaired) electrons. The fourth-order valence-corrected chi connectivity index (χ4v) is 1.75. The average molecular weight is 289 g/mol. The van der Waals surface area contributed by atoms with Crippen LogP contribution in [-0.4, -0.2) is 16.1 Å². The first kappa shape index (κ1) is 10.6. The number of carbonyl (C=O) groups excluding carboxylic acids is 1. The third-order valence-electron chi connectivity index (χ3n) is 2.01. The molecule has 0 amide bonds. The van der Waals surface area contributed by atoms with E-state index in [1.807, 2.05) is 12.1 Å². The highest BCUT2D eigenvalue weighted by Crippen LogP contribution is 2.21. The molecule has 0 fully saturated rings. The topological polar surface area (TPSA) is 43.1 Å². The van der Waals surface area contributed by atoms with Crippen LogP contribution in [0.4, 0.5) is 0 Å². The van der Waals surface area contributed by atoms with Crippen molar-refractivity contribution in [2.45, 2.75) is 5.88 Å². The fraction of sp³-hybridized carbons (Fsp3) is 0.200. The van der Waals surface area contributed by atoms with Crippen LogP contribution in [0.2, 0.25) is 0 Å². The molecule has 2 rings (SSSR count). The van der Waals surface area contributed by atoms with E-state index in [0.717, 1.165) is 5.56 Å². The number of alkyl halides is 2. The number of oxazole rings is 1. The van der Waals surface area contributed by atoms with Gasteiger partial charge in [0.05, 0.1) is 5.33 Å². The summed E-state index contributed by atoms with van der Waals surface area (Å²) in [6.07, 6.45) is 0. The van der Waals surface area contributed by atoms with E-state index in [1.165, 1.54) is 0 Å². The van der Waals surface area contributed by atoms with Gasteiger partial charge in [0, 0.05) is 5.88 Å². The van der Waals surface area contributed by atoms with Crippen molar-refractivity contribution >= 4 is 44.4 Å². The van der Waals surface area contributed by atoms with Gasteiger partial charge < -0.3 is 4.42 Å². The second-order valence-electron chi connectivity index (χ2n) is 2.97. The highest BCUT2D eigenvalue weighted by Gasteiger charge is 2.14. The number of benzene rings is 1. The van der Waals surface area contributed by atoms with Gasteiger partial charge in [0.25, 0.3) is 5.89 Å². The number of para-hydroxylation sites is 1. The molecule has 1 aromatic carbocycles. The molecule has 15 heavy (non-hydrogen) atoms. The Labute approximate surface area is 99.6 Å². The van der Waals surface area contributed by atoms with Crippen molar-refractivity contribution in [3.05, 3.63) is 29.7 Å². The number of Topliss-reactive ketones (excluding diaryl/α,β-unsaturated/α-hetero) is 1. The molecule has 0 atom stereocenters. The molecule has 3 nitrogen and oxygen atoms in total. The highest BCUT2D eigenvalue weighted by atomic mass is 79.9. The van der Waals surface area contributed by atoms with Crippen molar-refractivity contribution in [2.24, 2.45) is 0 Å². The number of ketones is 1. The lowest BCUT2D eigenvalue weighted by molar-refractivity contribution is 0.0989. The van der Waals surface area contributed by atoms with Gasteiger partial charge in [-0.15, -0.1) is 11.6 Å². The molecule has 5 heteroatoms. The standard InChI is InChI=1S/C10H7BrClNO2/c11-4-7(14)10-13-9-6(5-12)2-1-3-8(9)15-10/h1-3H,4-5H2. The molecule has 0 bridgehead atoms. The minimum Gasteiger partial charge on any atom is -0.434 e. The third kappa shape index (κ3) is 1.92. The van der Waals surface area contributed by atoms with Crippen LogP contribution in [0.3, 0.4) is 0 Å². The van der Waals surface area contributed by atoms with Gasteiger partial charge in [0.15, 0.2) is 5.58 Å². The summed E-state index contributed by atoms with van der Waals surface area (Å²) >= 11 is 8.82. The van der Waals surface area contributed by atoms with Gasteiger partial charge in [0.2, 0.25) is 5.78 Å². The van der Waals surface area contributed by atoms with Crippen LogP contribution in [0, 0.1) is 0 Å². The number of halogens is 2. The summed E-state index contributed by atoms with van der Waals surface area (Å²) in [5, 5.41) is 0.204. The number of carbonyl (C=O) groups is 1. The Bertz CT molecular complexity index is 509. The van der Waals surface area contributed by atoms with E-state index in [4.69, 9.17) is 16.0 Å². The van der Waals surface area contributed by atoms with Crippen molar-refractivity contribution in [3.63, 3.8) is 0 Å². The van der Waals surface area contributed by atoms with Crippen molar-refractivity contribution < 1.29 is 9.21 Å². The van der Waals surface area contributed by atoms with Crippen LogP contribution < -0.4 is 0 Å². The zero-order valence-corrected chi connectivity index (χ0v) is 10.0. The lowest BCUT2D eigenvalue weighted by Crippen LogP contribution is -1.99. The van der Waals surface area contributed by atoms with Crippen LogP contribution in [0.25, 0.3) is 11.1 Å². The van der Waals surface area contributed by atoms with Gasteiger partial charge in [-0.05, 0) is 11.6 Å². The van der Waals surface area contributed by atoms with Crippen LogP contribution in [0.15, 0.2) is 22.6 Å². The van der Waals surface area contributed by atoms with E-state index >= 15 is 0 Å². The van der Waals surface area contributed by atoms with E-state index < -0.39 is 0 Å². The molecule has 0 aliphatic carbocycles. The molecule has 78 valence electrons. The minimum atomic E-state index is -0.174. The first-order valence-corrected chi connectivity index (χ1v) is 5.95. The number of nitrogens with zero attached hydrogens (tertiary/aromatic N) is 1. The largest absolute Gasteiger partial charge is 0.434 e. The molecule has 0 spiro atoms. The summed E-state index contributed by atoms with van der Waals surface area (Å²) in [5.41, 5.74) is 2.13. The lowest BCUT2D eigenvalue weighted by Gasteiger charge is -1.92. The molecule has 0 unspecified atom stereocenters. The van der Waals surface area contributed by atoms with Crippen LogP contribution in [-0.2, 0) is 5.88 Å². The number of hydrogen-bond donors (Lipinski definition) is 0. The number of hydrogen-bond acceptors (Lipinski definition) is 3. The van der Waals surface area contributed by atoms with E-state index in [-0.39, 0.29) is 17.0 Å². The van der Waals surface area contributed by atoms with E-state index in [9.17, 15) is 4.79 Å². The predicted octanol–water partition coefficient (Wildman–Crippen LogP) is 3.14. The Kier molecular flexibility index (Phi) is 3.07. The van der Waals surface area contributed by atoms with Gasteiger partial charge >= 0.3 is 0 Å². The number of rotatable bonds is 3. The molecule has 2 aromatic rings. The molecular formula is C10H7BrClNO2. The first-order valence-electron chi connectivity index (χ1n) is 4.30. The fourth-order valence-electron chi connectivity index (χ4n) is 1.29.